The van der Waals surface area contributed by atoms with Crippen molar-refractivity contribution in [3.05, 3.63) is 24.1 Å². The summed E-state index contributed by atoms with van der Waals surface area (Å²) in [5, 5.41) is 0. The molecule has 1 aliphatic rings. The van der Waals surface area contributed by atoms with Gasteiger partial charge < -0.3 is 4.74 Å². The molecule has 120 valence electrons. The van der Waals surface area contributed by atoms with E-state index in [1.54, 1.807) is 12.2 Å². The summed E-state index contributed by atoms with van der Waals surface area (Å²) in [7, 11) is 0. The predicted molar refractivity (Wildman–Crippen MR) is 84.7 cm³/mol. The van der Waals surface area contributed by atoms with Crippen LogP contribution in [0, 0.1) is 0 Å². The number of carbonyl (C=O) groups excluding carboxylic acids is 1. The molecule has 21 heavy (non-hydrogen) atoms. The van der Waals surface area contributed by atoms with Crippen LogP contribution >= 0.6 is 0 Å². The van der Waals surface area contributed by atoms with Gasteiger partial charge in [-0.15, -0.1) is 0 Å². The fraction of sp³-hybridized carbons (Fsp3) is 0.722. The first-order valence-electron chi connectivity index (χ1n) is 8.45. The molecule has 0 fully saturated rings. The van der Waals surface area contributed by atoms with Gasteiger partial charge in [-0.3, -0.25) is 4.79 Å². The van der Waals surface area contributed by atoms with Crippen LogP contribution in [0.1, 0.15) is 77.6 Å². The van der Waals surface area contributed by atoms with Crippen molar-refractivity contribution in [3.63, 3.8) is 0 Å². The van der Waals surface area contributed by atoms with Gasteiger partial charge in [-0.2, -0.15) is 0 Å². The Morgan fingerprint density at radius 2 is 1.95 bits per heavy atom. The Morgan fingerprint density at radius 1 is 1.19 bits per heavy atom. The van der Waals surface area contributed by atoms with Gasteiger partial charge in [0.1, 0.15) is 11.9 Å². The van der Waals surface area contributed by atoms with E-state index in [4.69, 9.17) is 4.74 Å². The summed E-state index contributed by atoms with van der Waals surface area (Å²) in [6.07, 6.45) is 15.0. The number of allylic oxidation sites excluding steroid dienone is 3. The van der Waals surface area contributed by atoms with E-state index in [-0.39, 0.29) is 17.9 Å². The average Bonchev–Trinajstić information content (AvgIpc) is 2.46. The normalized spacial score (nSPS) is 26.3. The van der Waals surface area contributed by atoms with E-state index in [1.807, 2.05) is 0 Å². The summed E-state index contributed by atoms with van der Waals surface area (Å²) >= 11 is 0. The van der Waals surface area contributed by atoms with Crippen molar-refractivity contribution in [2.24, 2.45) is 0 Å². The van der Waals surface area contributed by atoms with Gasteiger partial charge in [0.15, 0.2) is 0 Å². The molecule has 0 aliphatic carbocycles. The number of unbranched alkanes of at least 4 members (excludes halogenated alkanes) is 2. The number of rotatable bonds is 4. The van der Waals surface area contributed by atoms with Gasteiger partial charge in [-0.05, 0) is 50.3 Å². The molecule has 0 amide bonds. The minimum absolute atomic E-state index is 0.150. The first-order valence-corrected chi connectivity index (χ1v) is 8.45. The van der Waals surface area contributed by atoms with Crippen LogP contribution in [0.5, 0.6) is 0 Å². The number of carbonyl (C=O) groups is 1. The fourth-order valence-corrected chi connectivity index (χ4v) is 2.47. The highest BCUT2D eigenvalue weighted by Crippen LogP contribution is 2.15. The van der Waals surface area contributed by atoms with E-state index in [9.17, 15) is 9.18 Å². The number of hydrogen-bond donors (Lipinski definition) is 0. The van der Waals surface area contributed by atoms with Crippen LogP contribution in [-0.4, -0.2) is 12.1 Å². The lowest BCUT2D eigenvalue weighted by Crippen LogP contribution is -2.16. The summed E-state index contributed by atoms with van der Waals surface area (Å²) in [5.74, 6) is -0.369. The number of ether oxygens (including phenoxy) is 1. The van der Waals surface area contributed by atoms with Crippen molar-refractivity contribution < 1.29 is 13.9 Å². The molecule has 0 aromatic heterocycles. The Morgan fingerprint density at radius 3 is 2.76 bits per heavy atom. The standard InChI is InChI=1S/C18H29FO2/c1-2-3-8-12-17-15-14-16(19)11-9-6-4-5-7-10-13-18(20)21-17/h11,14-15,17H,2-10,12-13H2,1H3/b15-14+,16-11+/t17-/m0/s1. The molecule has 0 saturated carbocycles. The van der Waals surface area contributed by atoms with Crippen LogP contribution < -0.4 is 0 Å². The van der Waals surface area contributed by atoms with Crippen molar-refractivity contribution in [1.82, 2.24) is 0 Å². The topological polar surface area (TPSA) is 26.3 Å². The van der Waals surface area contributed by atoms with Gasteiger partial charge in [-0.1, -0.05) is 39.0 Å². The summed E-state index contributed by atoms with van der Waals surface area (Å²) in [5.41, 5.74) is 0. The lowest BCUT2D eigenvalue weighted by molar-refractivity contribution is -0.147. The molecule has 1 rings (SSSR count). The Kier molecular flexibility index (Phi) is 9.84. The highest BCUT2D eigenvalue weighted by Gasteiger charge is 2.11. The molecule has 0 aromatic rings. The third-order valence-corrected chi connectivity index (χ3v) is 3.77. The third kappa shape index (κ3) is 9.43. The van der Waals surface area contributed by atoms with E-state index in [1.165, 1.54) is 6.08 Å². The molecule has 0 aromatic carbocycles. The molecule has 0 unspecified atom stereocenters. The smallest absolute Gasteiger partial charge is 0.306 e. The first kappa shape index (κ1) is 17.9. The Labute approximate surface area is 128 Å². The number of esters is 1. The van der Waals surface area contributed by atoms with Gasteiger partial charge in [0, 0.05) is 6.42 Å². The number of halogens is 1. The lowest BCUT2D eigenvalue weighted by atomic mass is 10.1. The zero-order valence-corrected chi connectivity index (χ0v) is 13.3. The fourth-order valence-electron chi connectivity index (χ4n) is 2.47. The average molecular weight is 296 g/mol. The first-order chi connectivity index (χ1) is 10.2. The van der Waals surface area contributed by atoms with E-state index in [0.717, 1.165) is 64.2 Å². The third-order valence-electron chi connectivity index (χ3n) is 3.77. The quantitative estimate of drug-likeness (QED) is 0.496. The highest BCUT2D eigenvalue weighted by molar-refractivity contribution is 5.69. The number of cyclic esters (lactones) is 1. The monoisotopic (exact) mass is 296 g/mol. The van der Waals surface area contributed by atoms with Gasteiger partial charge in [-0.25, -0.2) is 4.39 Å². The molecule has 0 bridgehead atoms. The van der Waals surface area contributed by atoms with Crippen LogP contribution in [0.15, 0.2) is 24.1 Å². The molecule has 0 radical (unpaired) electrons. The minimum atomic E-state index is -0.286. The van der Waals surface area contributed by atoms with Crippen LogP contribution in [-0.2, 0) is 9.53 Å². The van der Waals surface area contributed by atoms with Crippen LogP contribution in [0.3, 0.4) is 0 Å². The summed E-state index contributed by atoms with van der Waals surface area (Å²) < 4.78 is 19.1. The molecule has 2 nitrogen and oxygen atoms in total. The van der Waals surface area contributed by atoms with E-state index < -0.39 is 0 Å². The van der Waals surface area contributed by atoms with Crippen molar-refractivity contribution in [3.8, 4) is 0 Å². The molecule has 0 N–H and O–H groups in total. The van der Waals surface area contributed by atoms with Crippen molar-refractivity contribution in [2.45, 2.75) is 83.7 Å². The zero-order chi connectivity index (χ0) is 15.3. The maximum absolute atomic E-state index is 13.6. The molecular formula is C18H29FO2. The second-order valence-corrected chi connectivity index (χ2v) is 5.78. The van der Waals surface area contributed by atoms with Gasteiger partial charge in [0.25, 0.3) is 0 Å². The van der Waals surface area contributed by atoms with E-state index >= 15 is 0 Å². The molecule has 1 aliphatic heterocycles. The lowest BCUT2D eigenvalue weighted by Gasteiger charge is -2.14. The van der Waals surface area contributed by atoms with E-state index in [2.05, 4.69) is 6.92 Å². The van der Waals surface area contributed by atoms with E-state index in [0.29, 0.717) is 6.42 Å². The van der Waals surface area contributed by atoms with Crippen molar-refractivity contribution >= 4 is 5.97 Å². The second-order valence-electron chi connectivity index (χ2n) is 5.78. The molecular weight excluding hydrogens is 267 g/mol. The number of hydrogen-bond acceptors (Lipinski definition) is 2. The molecule has 1 heterocycles. The van der Waals surface area contributed by atoms with Gasteiger partial charge in [0.2, 0.25) is 0 Å². The summed E-state index contributed by atoms with van der Waals surface area (Å²) in [4.78, 5) is 11.8. The molecule has 0 saturated heterocycles. The predicted octanol–water partition coefficient (Wildman–Crippen LogP) is 5.63. The van der Waals surface area contributed by atoms with Gasteiger partial charge >= 0.3 is 5.97 Å². The second kappa shape index (κ2) is 11.5. The van der Waals surface area contributed by atoms with Gasteiger partial charge in [0.05, 0.1) is 0 Å². The maximum Gasteiger partial charge on any atom is 0.306 e. The highest BCUT2D eigenvalue weighted by atomic mass is 19.1. The summed E-state index contributed by atoms with van der Waals surface area (Å²) in [6, 6.07) is 0. The Hall–Kier alpha value is -1.12. The van der Waals surface area contributed by atoms with Crippen LogP contribution in [0.4, 0.5) is 4.39 Å². The summed E-state index contributed by atoms with van der Waals surface area (Å²) in [6.45, 7) is 2.14. The zero-order valence-electron chi connectivity index (χ0n) is 13.3. The maximum atomic E-state index is 13.6. The molecule has 0 spiro atoms. The SMILES string of the molecule is CCCCC[C@H]1/C=C/C(F)=C\CCCCCCCC(=O)O1. The van der Waals surface area contributed by atoms with Crippen LogP contribution in [0.25, 0.3) is 0 Å². The largest absolute Gasteiger partial charge is 0.458 e. The Bertz CT molecular complexity index is 347. The molecule has 3 heteroatoms. The Balaban J connectivity index is 2.60. The van der Waals surface area contributed by atoms with Crippen molar-refractivity contribution in [2.75, 3.05) is 0 Å². The van der Waals surface area contributed by atoms with Crippen molar-refractivity contribution in [1.29, 1.82) is 0 Å². The molecule has 1 atom stereocenters. The minimum Gasteiger partial charge on any atom is -0.458 e. The van der Waals surface area contributed by atoms with Crippen LogP contribution in [0.2, 0.25) is 0 Å².